The largest absolute Gasteiger partial charge is 0.376 e. The van der Waals surface area contributed by atoms with Crippen LogP contribution in [0.15, 0.2) is 35.4 Å². The van der Waals surface area contributed by atoms with Gasteiger partial charge < -0.3 is 9.64 Å². The fourth-order valence-electron chi connectivity index (χ4n) is 3.20. The molecule has 0 aliphatic carbocycles. The van der Waals surface area contributed by atoms with E-state index >= 15 is 0 Å². The highest BCUT2D eigenvalue weighted by Crippen LogP contribution is 2.15. The number of carbonyl (C=O) groups is 1. The maximum atomic E-state index is 13.0. The summed E-state index contributed by atoms with van der Waals surface area (Å²) in [6, 6.07) is 5.59. The van der Waals surface area contributed by atoms with Crippen LogP contribution in [0.2, 0.25) is 0 Å². The van der Waals surface area contributed by atoms with Crippen molar-refractivity contribution in [3.63, 3.8) is 0 Å². The number of pyridine rings is 1. The topological polar surface area (TPSA) is 77.3 Å². The summed E-state index contributed by atoms with van der Waals surface area (Å²) in [5, 5.41) is 0. The van der Waals surface area contributed by atoms with E-state index in [0.29, 0.717) is 18.8 Å². The van der Waals surface area contributed by atoms with Crippen molar-refractivity contribution in [2.24, 2.45) is 0 Å². The highest BCUT2D eigenvalue weighted by molar-refractivity contribution is 5.76. The lowest BCUT2D eigenvalue weighted by Crippen LogP contribution is -2.41. The molecule has 1 saturated heterocycles. The third kappa shape index (κ3) is 4.54. The van der Waals surface area contributed by atoms with E-state index in [1.54, 1.807) is 24.2 Å². The molecular weight excluding hydrogens is 332 g/mol. The average Bonchev–Trinajstić information content (AvgIpc) is 3.11. The van der Waals surface area contributed by atoms with Crippen LogP contribution in [-0.4, -0.2) is 44.6 Å². The molecule has 0 bridgehead atoms. The number of ether oxygens (including phenoxy) is 1. The Morgan fingerprint density at radius 1 is 1.35 bits per heavy atom. The predicted octanol–water partition coefficient (Wildman–Crippen LogP) is 1.46. The minimum atomic E-state index is -0.392. The van der Waals surface area contributed by atoms with E-state index in [-0.39, 0.29) is 18.6 Å². The van der Waals surface area contributed by atoms with E-state index in [9.17, 15) is 9.59 Å². The molecule has 3 rings (SSSR count). The van der Waals surface area contributed by atoms with Crippen LogP contribution in [0.5, 0.6) is 0 Å². The van der Waals surface area contributed by atoms with Crippen molar-refractivity contribution in [2.75, 3.05) is 13.2 Å². The van der Waals surface area contributed by atoms with Crippen LogP contribution in [0.4, 0.5) is 0 Å². The van der Waals surface area contributed by atoms with E-state index in [0.717, 1.165) is 30.7 Å². The van der Waals surface area contributed by atoms with Gasteiger partial charge in [0.15, 0.2) is 0 Å². The Bertz CT molecular complexity index is 813. The molecule has 0 unspecified atom stereocenters. The maximum Gasteiger partial charge on any atom is 0.348 e. The van der Waals surface area contributed by atoms with Gasteiger partial charge in [-0.25, -0.2) is 4.79 Å². The van der Waals surface area contributed by atoms with E-state index in [1.807, 2.05) is 25.1 Å². The molecule has 1 aliphatic rings. The first-order chi connectivity index (χ1) is 12.5. The smallest absolute Gasteiger partial charge is 0.348 e. The normalized spacial score (nSPS) is 16.6. The molecule has 2 aromatic rings. The molecule has 26 heavy (non-hydrogen) atoms. The first kappa shape index (κ1) is 18.3. The Balaban J connectivity index is 1.78. The zero-order chi connectivity index (χ0) is 18.5. The molecule has 2 aromatic heterocycles. The third-order valence-corrected chi connectivity index (χ3v) is 4.56. The number of aryl methyl sites for hydroxylation is 2. The number of hydrogen-bond acceptors (Lipinski definition) is 5. The van der Waals surface area contributed by atoms with Gasteiger partial charge in [0, 0.05) is 43.5 Å². The van der Waals surface area contributed by atoms with Crippen molar-refractivity contribution >= 4 is 5.91 Å². The Hall–Kier alpha value is -2.54. The Morgan fingerprint density at radius 2 is 2.12 bits per heavy atom. The van der Waals surface area contributed by atoms with Crippen molar-refractivity contribution in [3.8, 4) is 0 Å². The molecule has 0 aromatic carbocycles. The number of nitrogens with zero attached hydrogens (tertiary/aromatic N) is 4. The number of hydrogen-bond donors (Lipinski definition) is 0. The first-order valence-corrected chi connectivity index (χ1v) is 8.86. The molecule has 1 aliphatic heterocycles. The van der Waals surface area contributed by atoms with Crippen LogP contribution in [0.1, 0.15) is 29.8 Å². The number of aromatic nitrogens is 3. The summed E-state index contributed by atoms with van der Waals surface area (Å²) in [5.74, 6) is -0.117. The molecule has 7 nitrogen and oxygen atoms in total. The van der Waals surface area contributed by atoms with Crippen molar-refractivity contribution in [1.82, 2.24) is 19.4 Å². The summed E-state index contributed by atoms with van der Waals surface area (Å²) in [5.41, 5.74) is 2.00. The fraction of sp³-hybridized carbons (Fsp3) is 0.474. The Morgan fingerprint density at radius 3 is 2.77 bits per heavy atom. The van der Waals surface area contributed by atoms with Gasteiger partial charge in [-0.3, -0.25) is 14.3 Å². The van der Waals surface area contributed by atoms with Crippen molar-refractivity contribution < 1.29 is 9.53 Å². The summed E-state index contributed by atoms with van der Waals surface area (Å²) < 4.78 is 7.12. The van der Waals surface area contributed by atoms with E-state index in [1.165, 1.54) is 4.57 Å². The summed E-state index contributed by atoms with van der Waals surface area (Å²) in [6.07, 6.45) is 5.44. The van der Waals surface area contributed by atoms with Gasteiger partial charge in [0.25, 0.3) is 0 Å². The quantitative estimate of drug-likeness (QED) is 0.783. The lowest BCUT2D eigenvalue weighted by molar-refractivity contribution is -0.134. The van der Waals surface area contributed by atoms with Crippen molar-refractivity contribution in [2.45, 2.75) is 45.9 Å². The highest BCUT2D eigenvalue weighted by atomic mass is 16.5. The summed E-state index contributed by atoms with van der Waals surface area (Å²) in [6.45, 7) is 5.30. The van der Waals surface area contributed by atoms with Crippen molar-refractivity contribution in [1.29, 1.82) is 0 Å². The van der Waals surface area contributed by atoms with Crippen LogP contribution in [0.3, 0.4) is 0 Å². The molecule has 1 fully saturated rings. The van der Waals surface area contributed by atoms with Crippen LogP contribution in [-0.2, 0) is 22.6 Å². The number of rotatable bonds is 6. The number of amides is 1. The zero-order valence-electron chi connectivity index (χ0n) is 15.2. The Kier molecular flexibility index (Phi) is 5.78. The first-order valence-electron chi connectivity index (χ1n) is 8.86. The van der Waals surface area contributed by atoms with Gasteiger partial charge in [0.05, 0.1) is 6.10 Å². The highest BCUT2D eigenvalue weighted by Gasteiger charge is 2.23. The lowest BCUT2D eigenvalue weighted by atomic mass is 10.2. The molecule has 0 saturated carbocycles. The van der Waals surface area contributed by atoms with Crippen molar-refractivity contribution in [3.05, 3.63) is 58.0 Å². The maximum absolute atomic E-state index is 13.0. The summed E-state index contributed by atoms with van der Waals surface area (Å²) >= 11 is 0. The van der Waals surface area contributed by atoms with Gasteiger partial charge in [-0.15, -0.1) is 0 Å². The molecule has 0 N–H and O–H groups in total. The minimum absolute atomic E-state index is 0.0181. The third-order valence-electron chi connectivity index (χ3n) is 4.56. The second-order valence-corrected chi connectivity index (χ2v) is 6.67. The van der Waals surface area contributed by atoms with Crippen LogP contribution in [0.25, 0.3) is 0 Å². The fourth-order valence-corrected chi connectivity index (χ4v) is 3.20. The van der Waals surface area contributed by atoms with E-state index < -0.39 is 5.69 Å². The monoisotopic (exact) mass is 356 g/mol. The van der Waals surface area contributed by atoms with E-state index in [2.05, 4.69) is 9.97 Å². The molecule has 7 heteroatoms. The second-order valence-electron chi connectivity index (χ2n) is 6.67. The molecule has 138 valence electrons. The zero-order valence-corrected chi connectivity index (χ0v) is 15.2. The van der Waals surface area contributed by atoms with Gasteiger partial charge in [-0.1, -0.05) is 0 Å². The summed E-state index contributed by atoms with van der Waals surface area (Å²) in [4.78, 5) is 34.8. The van der Waals surface area contributed by atoms with Crippen LogP contribution < -0.4 is 5.69 Å². The van der Waals surface area contributed by atoms with Crippen LogP contribution in [0, 0.1) is 13.8 Å². The van der Waals surface area contributed by atoms with Gasteiger partial charge in [0.1, 0.15) is 6.54 Å². The molecule has 0 radical (unpaired) electrons. The van der Waals surface area contributed by atoms with E-state index in [4.69, 9.17) is 4.74 Å². The second kappa shape index (κ2) is 8.23. The standard InChI is InChI=1S/C19H24N4O3/c1-14-10-15(2)23(19(25)21-14)13-18(24)22(12-17-4-3-9-26-17)11-16-5-7-20-8-6-16/h5-8,10,17H,3-4,9,11-13H2,1-2H3/t17-/m1/s1. The molecular formula is C19H24N4O3. The number of carbonyl (C=O) groups excluding carboxylic acids is 1. The molecule has 3 heterocycles. The predicted molar refractivity (Wildman–Crippen MR) is 96.6 cm³/mol. The van der Waals surface area contributed by atoms with Gasteiger partial charge >= 0.3 is 5.69 Å². The molecule has 1 atom stereocenters. The Labute approximate surface area is 152 Å². The minimum Gasteiger partial charge on any atom is -0.376 e. The van der Waals surface area contributed by atoms with Gasteiger partial charge in [-0.2, -0.15) is 4.98 Å². The van der Waals surface area contributed by atoms with Gasteiger partial charge in [0.2, 0.25) is 5.91 Å². The summed E-state index contributed by atoms with van der Waals surface area (Å²) in [7, 11) is 0. The lowest BCUT2D eigenvalue weighted by Gasteiger charge is -2.26. The average molecular weight is 356 g/mol. The SMILES string of the molecule is Cc1cc(C)n(CC(=O)N(Cc2ccncc2)C[C@H]2CCCO2)c(=O)n1. The van der Waals surface area contributed by atoms with Gasteiger partial charge in [-0.05, 0) is 50.5 Å². The van der Waals surface area contributed by atoms with Crippen LogP contribution >= 0.6 is 0 Å². The molecule has 1 amide bonds. The molecule has 0 spiro atoms.